The van der Waals surface area contributed by atoms with Gasteiger partial charge in [-0.05, 0) is 49.4 Å². The first kappa shape index (κ1) is 23.6. The molecular weight excluding hydrogens is 490 g/mol. The van der Waals surface area contributed by atoms with Gasteiger partial charge in [0.15, 0.2) is 5.65 Å². The third kappa shape index (κ3) is 4.44. The maximum atomic E-state index is 13.4. The molecule has 0 aliphatic rings. The van der Waals surface area contributed by atoms with Crippen LogP contribution in [0.1, 0.15) is 28.2 Å². The van der Waals surface area contributed by atoms with Crippen LogP contribution in [0.3, 0.4) is 0 Å². The van der Waals surface area contributed by atoms with Crippen LogP contribution in [0.5, 0.6) is 5.75 Å². The van der Waals surface area contributed by atoms with Gasteiger partial charge >= 0.3 is 0 Å². The Morgan fingerprint density at radius 2 is 1.82 bits per heavy atom. The van der Waals surface area contributed by atoms with Crippen LogP contribution in [0.2, 0.25) is 5.02 Å². The van der Waals surface area contributed by atoms with E-state index in [2.05, 4.69) is 15.4 Å². The average Bonchev–Trinajstić information content (AvgIpc) is 3.22. The lowest BCUT2D eigenvalue weighted by Crippen LogP contribution is -2.13. The second kappa shape index (κ2) is 8.99. The first-order chi connectivity index (χ1) is 16.1. The van der Waals surface area contributed by atoms with Crippen molar-refractivity contribution in [3.63, 3.8) is 0 Å². The molecule has 12 heteroatoms. The van der Waals surface area contributed by atoms with Crippen molar-refractivity contribution < 1.29 is 26.7 Å². The predicted molar refractivity (Wildman–Crippen MR) is 121 cm³/mol. The van der Waals surface area contributed by atoms with Gasteiger partial charge in [0.1, 0.15) is 17.0 Å². The number of aryl methyl sites for hydroxylation is 1. The molecule has 0 unspecified atom stereocenters. The number of sulfone groups is 1. The molecule has 4 rings (SSSR count). The van der Waals surface area contributed by atoms with Gasteiger partial charge in [-0.1, -0.05) is 11.6 Å². The van der Waals surface area contributed by atoms with Gasteiger partial charge in [-0.2, -0.15) is 5.10 Å². The number of hydrogen-bond acceptors (Lipinski definition) is 6. The third-order valence-electron chi connectivity index (χ3n) is 4.90. The highest BCUT2D eigenvalue weighted by atomic mass is 35.5. The standard InChI is InChI=1S/C22H17ClF2N4O4S/c1-12-7-19(20(24)25)29-21(27-12)18(11-26-29)22(30)28-14-8-15(33-2)10-17(9-14)34(31,32)16-5-3-13(23)4-6-16/h3-11,20H,1-2H3,(H,28,30). The largest absolute Gasteiger partial charge is 0.497 e. The quantitative estimate of drug-likeness (QED) is 0.406. The van der Waals surface area contributed by atoms with Crippen LogP contribution in [-0.2, 0) is 9.84 Å². The number of hydrogen-bond donors (Lipinski definition) is 1. The number of carbonyl (C=O) groups excluding carboxylic acids is 1. The minimum Gasteiger partial charge on any atom is -0.497 e. The molecule has 0 aliphatic heterocycles. The lowest BCUT2D eigenvalue weighted by atomic mass is 10.2. The fourth-order valence-corrected chi connectivity index (χ4v) is 4.74. The molecule has 4 aromatic rings. The Balaban J connectivity index is 1.72. The van der Waals surface area contributed by atoms with Gasteiger partial charge in [0.05, 0.1) is 23.1 Å². The van der Waals surface area contributed by atoms with Gasteiger partial charge in [0.2, 0.25) is 9.84 Å². The molecule has 176 valence electrons. The number of ether oxygens (including phenoxy) is 1. The Morgan fingerprint density at radius 1 is 1.12 bits per heavy atom. The molecule has 34 heavy (non-hydrogen) atoms. The highest BCUT2D eigenvalue weighted by molar-refractivity contribution is 7.91. The average molecular weight is 507 g/mol. The van der Waals surface area contributed by atoms with E-state index in [1.54, 1.807) is 0 Å². The fraction of sp³-hybridized carbons (Fsp3) is 0.136. The number of rotatable bonds is 6. The molecule has 0 spiro atoms. The lowest BCUT2D eigenvalue weighted by Gasteiger charge is -2.11. The first-order valence-electron chi connectivity index (χ1n) is 9.74. The highest BCUT2D eigenvalue weighted by Crippen LogP contribution is 2.30. The molecular formula is C22H17ClF2N4O4S. The van der Waals surface area contributed by atoms with Crippen molar-refractivity contribution in [3.05, 3.63) is 76.7 Å². The Kier molecular flexibility index (Phi) is 6.24. The first-order valence-corrected chi connectivity index (χ1v) is 11.6. The number of anilines is 1. The SMILES string of the molecule is COc1cc(NC(=O)c2cnn3c(C(F)F)cc(C)nc23)cc(S(=O)(=O)c2ccc(Cl)cc2)c1. The monoisotopic (exact) mass is 506 g/mol. The zero-order valence-corrected chi connectivity index (χ0v) is 19.4. The zero-order chi connectivity index (χ0) is 24.6. The molecule has 2 aromatic carbocycles. The topological polar surface area (TPSA) is 103 Å². The van der Waals surface area contributed by atoms with E-state index in [1.807, 2.05) is 0 Å². The number of carbonyl (C=O) groups is 1. The number of aromatic nitrogens is 3. The fourth-order valence-electron chi connectivity index (χ4n) is 3.29. The molecule has 0 aliphatic carbocycles. The number of methoxy groups -OCH3 is 1. The molecule has 8 nitrogen and oxygen atoms in total. The van der Waals surface area contributed by atoms with Crippen LogP contribution in [-0.4, -0.2) is 36.0 Å². The van der Waals surface area contributed by atoms with E-state index in [1.165, 1.54) is 62.6 Å². The summed E-state index contributed by atoms with van der Waals surface area (Å²) in [5, 5.41) is 6.81. The summed E-state index contributed by atoms with van der Waals surface area (Å²) in [5.74, 6) is -0.532. The van der Waals surface area contributed by atoms with Crippen molar-refractivity contribution in [3.8, 4) is 5.75 Å². The van der Waals surface area contributed by atoms with E-state index < -0.39 is 27.9 Å². The third-order valence-corrected chi connectivity index (χ3v) is 6.90. The molecule has 1 N–H and O–H groups in total. The number of amides is 1. The Hall–Kier alpha value is -3.57. The Morgan fingerprint density at radius 3 is 2.47 bits per heavy atom. The van der Waals surface area contributed by atoms with E-state index >= 15 is 0 Å². The summed E-state index contributed by atoms with van der Waals surface area (Å²) in [7, 11) is -2.61. The van der Waals surface area contributed by atoms with E-state index in [4.69, 9.17) is 16.3 Å². The Bertz CT molecular complexity index is 1510. The summed E-state index contributed by atoms with van der Waals surface area (Å²) < 4.78 is 59.0. The van der Waals surface area contributed by atoms with Gasteiger partial charge < -0.3 is 10.1 Å². The van der Waals surface area contributed by atoms with Crippen LogP contribution in [0.15, 0.2) is 64.5 Å². The van der Waals surface area contributed by atoms with Crippen molar-refractivity contribution in [2.24, 2.45) is 0 Å². The lowest BCUT2D eigenvalue weighted by molar-refractivity contribution is 0.102. The van der Waals surface area contributed by atoms with E-state index in [9.17, 15) is 22.0 Å². The van der Waals surface area contributed by atoms with E-state index in [0.29, 0.717) is 5.02 Å². The Labute approximate surface area is 198 Å². The highest BCUT2D eigenvalue weighted by Gasteiger charge is 2.23. The van der Waals surface area contributed by atoms with Crippen LogP contribution in [0.25, 0.3) is 5.65 Å². The number of fused-ring (bicyclic) bond motifs is 1. The van der Waals surface area contributed by atoms with Gasteiger partial charge in [-0.25, -0.2) is 26.7 Å². The normalized spacial score (nSPS) is 11.7. The number of nitrogens with one attached hydrogen (secondary N) is 1. The van der Waals surface area contributed by atoms with Crippen LogP contribution in [0.4, 0.5) is 14.5 Å². The van der Waals surface area contributed by atoms with Crippen molar-refractivity contribution in [1.29, 1.82) is 0 Å². The predicted octanol–water partition coefficient (Wildman–Crippen LogP) is 4.72. The second-order valence-corrected chi connectivity index (χ2v) is 9.61. The van der Waals surface area contributed by atoms with Crippen LogP contribution < -0.4 is 10.1 Å². The molecule has 0 fully saturated rings. The molecule has 2 aromatic heterocycles. The van der Waals surface area contributed by atoms with Crippen molar-refractivity contribution >= 4 is 38.7 Å². The molecule has 0 saturated heterocycles. The molecule has 0 radical (unpaired) electrons. The van der Waals surface area contributed by atoms with Crippen molar-refractivity contribution in [2.45, 2.75) is 23.1 Å². The maximum absolute atomic E-state index is 13.4. The second-order valence-electron chi connectivity index (χ2n) is 7.23. The van der Waals surface area contributed by atoms with Crippen LogP contribution >= 0.6 is 11.6 Å². The van der Waals surface area contributed by atoms with E-state index in [-0.39, 0.29) is 38.1 Å². The number of benzene rings is 2. The summed E-state index contributed by atoms with van der Waals surface area (Å²) in [6.45, 7) is 1.52. The van der Waals surface area contributed by atoms with Gasteiger partial charge in [-0.3, -0.25) is 4.79 Å². The summed E-state index contributed by atoms with van der Waals surface area (Å²) in [5.41, 5.74) is -0.118. The summed E-state index contributed by atoms with van der Waals surface area (Å²) in [6, 6.07) is 10.8. The molecule has 0 bridgehead atoms. The summed E-state index contributed by atoms with van der Waals surface area (Å²) >= 11 is 5.85. The summed E-state index contributed by atoms with van der Waals surface area (Å²) in [6.07, 6.45) is -1.70. The summed E-state index contributed by atoms with van der Waals surface area (Å²) in [4.78, 5) is 17.0. The molecule has 0 atom stereocenters. The molecule has 0 saturated carbocycles. The van der Waals surface area contributed by atoms with Crippen molar-refractivity contribution in [1.82, 2.24) is 14.6 Å². The molecule has 2 heterocycles. The smallest absolute Gasteiger partial charge is 0.280 e. The number of nitrogens with zero attached hydrogens (tertiary/aromatic N) is 3. The van der Waals surface area contributed by atoms with Gasteiger partial charge in [0, 0.05) is 22.5 Å². The minimum atomic E-state index is -3.96. The minimum absolute atomic E-state index is 0.00395. The zero-order valence-electron chi connectivity index (χ0n) is 17.8. The van der Waals surface area contributed by atoms with Gasteiger partial charge in [-0.15, -0.1) is 0 Å². The maximum Gasteiger partial charge on any atom is 0.280 e. The van der Waals surface area contributed by atoms with Crippen LogP contribution in [0, 0.1) is 6.92 Å². The van der Waals surface area contributed by atoms with E-state index in [0.717, 1.165) is 10.7 Å². The van der Waals surface area contributed by atoms with Crippen molar-refractivity contribution in [2.75, 3.05) is 12.4 Å². The number of halogens is 3. The molecule has 1 amide bonds. The van der Waals surface area contributed by atoms with Gasteiger partial charge in [0.25, 0.3) is 12.3 Å². The number of alkyl halides is 2.